The summed E-state index contributed by atoms with van der Waals surface area (Å²) in [6.07, 6.45) is 0. The summed E-state index contributed by atoms with van der Waals surface area (Å²) < 4.78 is 16.3. The Bertz CT molecular complexity index is 1410. The number of para-hydroxylation sites is 1. The fourth-order valence-corrected chi connectivity index (χ4v) is 4.60. The second-order valence-corrected chi connectivity index (χ2v) is 7.87. The molecule has 0 radical (unpaired) electrons. The Hall–Kier alpha value is -4.37. The van der Waals surface area contributed by atoms with Crippen LogP contribution < -0.4 is 20.8 Å². The number of hydrogen-bond donors (Lipinski definition) is 2. The zero-order valence-corrected chi connectivity index (χ0v) is 18.1. The minimum atomic E-state index is -1.94. The molecule has 1 unspecified atom stereocenters. The fourth-order valence-electron chi connectivity index (χ4n) is 4.60. The predicted molar refractivity (Wildman–Crippen MR) is 120 cm³/mol. The Labute approximate surface area is 193 Å². The van der Waals surface area contributed by atoms with Gasteiger partial charge < -0.3 is 29.6 Å². The van der Waals surface area contributed by atoms with Gasteiger partial charge in [-0.05, 0) is 11.6 Å². The number of ether oxygens (including phenoxy) is 2. The number of nitrogens with zero attached hydrogens (tertiary/aromatic N) is 1. The summed E-state index contributed by atoms with van der Waals surface area (Å²) in [5.74, 6) is -2.57. The van der Waals surface area contributed by atoms with E-state index in [1.165, 1.54) is 4.90 Å². The Morgan fingerprint density at radius 3 is 2.53 bits per heavy atom. The number of aliphatic hydroxyl groups is 1. The van der Waals surface area contributed by atoms with Crippen molar-refractivity contribution in [2.24, 2.45) is 5.73 Å². The third kappa shape index (κ3) is 2.87. The highest BCUT2D eigenvalue weighted by Crippen LogP contribution is 2.55. The van der Waals surface area contributed by atoms with Gasteiger partial charge in [-0.25, -0.2) is 4.79 Å². The highest BCUT2D eigenvalue weighted by molar-refractivity contribution is 6.18. The highest BCUT2D eigenvalue weighted by atomic mass is 16.5. The quantitative estimate of drug-likeness (QED) is 0.563. The molecule has 0 bridgehead atoms. The number of aliphatic hydroxyl groups excluding tert-OH is 1. The minimum Gasteiger partial charge on any atom is -0.465 e. The molecule has 0 saturated carbocycles. The van der Waals surface area contributed by atoms with Crippen LogP contribution in [0.2, 0.25) is 0 Å². The van der Waals surface area contributed by atoms with Gasteiger partial charge in [-0.3, -0.25) is 9.59 Å². The first-order chi connectivity index (χ1) is 16.4. The first kappa shape index (κ1) is 21.5. The van der Waals surface area contributed by atoms with Crippen LogP contribution in [0, 0.1) is 0 Å². The number of methoxy groups -OCH3 is 1. The van der Waals surface area contributed by atoms with Crippen LogP contribution in [0.1, 0.15) is 22.6 Å². The van der Waals surface area contributed by atoms with Crippen molar-refractivity contribution in [1.82, 2.24) is 0 Å². The number of anilines is 1. The smallest absolute Gasteiger partial charge is 0.341 e. The maximum absolute atomic E-state index is 14.3. The van der Waals surface area contributed by atoms with Gasteiger partial charge in [0.05, 0.1) is 13.7 Å². The molecule has 0 aliphatic carbocycles. The van der Waals surface area contributed by atoms with E-state index in [0.29, 0.717) is 11.3 Å². The van der Waals surface area contributed by atoms with Crippen LogP contribution in [0.15, 0.2) is 81.3 Å². The lowest BCUT2D eigenvalue weighted by atomic mass is 9.71. The molecular weight excluding hydrogens is 440 g/mol. The fraction of sp³-hybridized carbons (Fsp3) is 0.160. The maximum Gasteiger partial charge on any atom is 0.341 e. The Morgan fingerprint density at radius 2 is 1.82 bits per heavy atom. The van der Waals surface area contributed by atoms with E-state index in [9.17, 15) is 19.5 Å². The SMILES string of the molecule is COC(=O)C1=C(N)Oc2c(oc(CO)cc2=O)C12C(=O)N(Cc1ccccc1)c1ccccc12. The van der Waals surface area contributed by atoms with Crippen LogP contribution in [0.3, 0.4) is 0 Å². The van der Waals surface area contributed by atoms with Crippen molar-refractivity contribution in [2.45, 2.75) is 18.6 Å². The third-order valence-electron chi connectivity index (χ3n) is 6.02. The summed E-state index contributed by atoms with van der Waals surface area (Å²) >= 11 is 0. The molecule has 2 aliphatic rings. The highest BCUT2D eigenvalue weighted by Gasteiger charge is 2.63. The molecule has 5 rings (SSSR count). The number of carbonyl (C=O) groups excluding carboxylic acids is 2. The molecule has 3 N–H and O–H groups in total. The lowest BCUT2D eigenvalue weighted by Crippen LogP contribution is -2.49. The van der Waals surface area contributed by atoms with E-state index in [1.54, 1.807) is 24.3 Å². The number of hydrogen-bond acceptors (Lipinski definition) is 8. The molecule has 34 heavy (non-hydrogen) atoms. The predicted octanol–water partition coefficient (Wildman–Crippen LogP) is 1.70. The van der Waals surface area contributed by atoms with E-state index >= 15 is 0 Å². The molecule has 1 spiro atoms. The first-order valence-electron chi connectivity index (χ1n) is 10.4. The molecule has 3 aromatic rings. The number of amides is 1. The summed E-state index contributed by atoms with van der Waals surface area (Å²) in [6.45, 7) is -0.415. The number of benzene rings is 2. The van der Waals surface area contributed by atoms with Crippen molar-refractivity contribution in [3.8, 4) is 5.75 Å². The molecule has 1 amide bonds. The molecule has 0 saturated heterocycles. The minimum absolute atomic E-state index is 0.0943. The van der Waals surface area contributed by atoms with Gasteiger partial charge >= 0.3 is 5.97 Å². The molecule has 9 nitrogen and oxygen atoms in total. The second-order valence-electron chi connectivity index (χ2n) is 7.87. The number of esters is 1. The van der Waals surface area contributed by atoms with Crippen LogP contribution in [0.25, 0.3) is 0 Å². The van der Waals surface area contributed by atoms with E-state index < -0.39 is 35.2 Å². The first-order valence-corrected chi connectivity index (χ1v) is 10.4. The van der Waals surface area contributed by atoms with Crippen LogP contribution >= 0.6 is 0 Å². The standard InChI is InChI=1S/C25H20N2O7/c1-32-23(30)19-22(26)34-20-18(29)11-15(13-28)33-21(20)25(19)16-9-5-6-10-17(16)27(24(25)31)12-14-7-3-2-4-8-14/h2-11,28H,12-13,26H2,1H3. The van der Waals surface area contributed by atoms with Crippen molar-refractivity contribution in [2.75, 3.05) is 12.0 Å². The Morgan fingerprint density at radius 1 is 1.12 bits per heavy atom. The number of rotatable bonds is 4. The zero-order chi connectivity index (χ0) is 24.0. The van der Waals surface area contributed by atoms with Gasteiger partial charge in [-0.2, -0.15) is 0 Å². The van der Waals surface area contributed by atoms with E-state index in [1.807, 2.05) is 30.3 Å². The topological polar surface area (TPSA) is 132 Å². The molecule has 172 valence electrons. The van der Waals surface area contributed by atoms with Gasteiger partial charge in [0.15, 0.2) is 11.2 Å². The van der Waals surface area contributed by atoms with E-state index in [4.69, 9.17) is 19.6 Å². The van der Waals surface area contributed by atoms with Crippen molar-refractivity contribution < 1.29 is 28.6 Å². The van der Waals surface area contributed by atoms with Crippen molar-refractivity contribution in [1.29, 1.82) is 0 Å². The molecule has 2 aromatic carbocycles. The number of nitrogens with two attached hydrogens (primary N) is 1. The Balaban J connectivity index is 1.86. The molecule has 1 aromatic heterocycles. The number of carbonyl (C=O) groups is 2. The monoisotopic (exact) mass is 460 g/mol. The van der Waals surface area contributed by atoms with E-state index in [-0.39, 0.29) is 29.4 Å². The summed E-state index contributed by atoms with van der Waals surface area (Å²) in [5, 5.41) is 9.68. The van der Waals surface area contributed by atoms with Crippen LogP contribution in [-0.2, 0) is 32.9 Å². The maximum atomic E-state index is 14.3. The van der Waals surface area contributed by atoms with Crippen LogP contribution in [0.5, 0.6) is 5.75 Å². The summed E-state index contributed by atoms with van der Waals surface area (Å²) in [6, 6.07) is 17.2. The van der Waals surface area contributed by atoms with Gasteiger partial charge in [0, 0.05) is 17.3 Å². The Kier molecular flexibility index (Phi) is 4.98. The van der Waals surface area contributed by atoms with Crippen LogP contribution in [-0.4, -0.2) is 24.1 Å². The summed E-state index contributed by atoms with van der Waals surface area (Å²) in [4.78, 5) is 41.7. The van der Waals surface area contributed by atoms with Gasteiger partial charge in [0.2, 0.25) is 17.1 Å². The summed E-state index contributed by atoms with van der Waals surface area (Å²) in [7, 11) is 1.15. The van der Waals surface area contributed by atoms with Gasteiger partial charge in [-0.1, -0.05) is 48.5 Å². The van der Waals surface area contributed by atoms with Crippen molar-refractivity contribution >= 4 is 17.6 Å². The molecule has 0 fully saturated rings. The lowest BCUT2D eigenvalue weighted by Gasteiger charge is -2.34. The van der Waals surface area contributed by atoms with E-state index in [2.05, 4.69) is 0 Å². The van der Waals surface area contributed by atoms with Crippen molar-refractivity contribution in [3.63, 3.8) is 0 Å². The largest absolute Gasteiger partial charge is 0.465 e. The number of fused-ring (bicyclic) bond motifs is 4. The summed E-state index contributed by atoms with van der Waals surface area (Å²) in [5.41, 5.74) is 4.98. The third-order valence-corrected chi connectivity index (χ3v) is 6.02. The molecule has 9 heteroatoms. The van der Waals surface area contributed by atoms with Crippen LogP contribution in [0.4, 0.5) is 5.69 Å². The van der Waals surface area contributed by atoms with Gasteiger partial charge in [0.25, 0.3) is 5.91 Å². The lowest BCUT2D eigenvalue weighted by molar-refractivity contribution is -0.139. The molecule has 1 atom stereocenters. The van der Waals surface area contributed by atoms with E-state index in [0.717, 1.165) is 18.7 Å². The van der Waals surface area contributed by atoms with Gasteiger partial charge in [0.1, 0.15) is 17.9 Å². The van der Waals surface area contributed by atoms with Crippen molar-refractivity contribution in [3.05, 3.63) is 105 Å². The zero-order valence-electron chi connectivity index (χ0n) is 18.1. The second kappa shape index (κ2) is 7.89. The van der Waals surface area contributed by atoms with Gasteiger partial charge in [-0.15, -0.1) is 0 Å². The normalized spacial score (nSPS) is 18.5. The average Bonchev–Trinajstić information content (AvgIpc) is 3.09. The molecular formula is C25H20N2O7. The molecule has 2 aliphatic heterocycles. The molecule has 3 heterocycles. The average molecular weight is 460 g/mol.